The van der Waals surface area contributed by atoms with Gasteiger partial charge in [-0.1, -0.05) is 13.8 Å². The van der Waals surface area contributed by atoms with Crippen molar-refractivity contribution < 1.29 is 4.42 Å². The van der Waals surface area contributed by atoms with E-state index < -0.39 is 0 Å². The average molecular weight is 246 g/mol. The molecule has 0 spiro atoms. The third-order valence-electron chi connectivity index (χ3n) is 2.09. The van der Waals surface area contributed by atoms with Crippen molar-refractivity contribution in [3.8, 4) is 11.6 Å². The topological polar surface area (TPSA) is 95.1 Å². The van der Waals surface area contributed by atoms with Crippen molar-refractivity contribution >= 4 is 11.7 Å². The summed E-state index contributed by atoms with van der Waals surface area (Å²) in [7, 11) is 0. The van der Waals surface area contributed by atoms with Gasteiger partial charge in [0.1, 0.15) is 5.82 Å². The van der Waals surface area contributed by atoms with E-state index in [2.05, 4.69) is 20.1 Å². The minimum absolute atomic E-state index is 0.257. The Morgan fingerprint density at radius 3 is 2.67 bits per heavy atom. The van der Waals surface area contributed by atoms with Crippen LogP contribution in [0.3, 0.4) is 0 Å². The number of hydrogen-bond donors (Lipinski definition) is 1. The third kappa shape index (κ3) is 2.02. The zero-order chi connectivity index (χ0) is 13.1. The molecule has 0 fully saturated rings. The molecule has 0 atom stereocenters. The molecule has 7 heteroatoms. The van der Waals surface area contributed by atoms with Crippen LogP contribution in [0.4, 0.5) is 5.95 Å². The van der Waals surface area contributed by atoms with Crippen LogP contribution in [0.25, 0.3) is 17.4 Å². The quantitative estimate of drug-likeness (QED) is 0.702. The van der Waals surface area contributed by atoms with Crippen molar-refractivity contribution in [2.24, 2.45) is 0 Å². The highest BCUT2D eigenvalue weighted by Crippen LogP contribution is 2.16. The van der Waals surface area contributed by atoms with Gasteiger partial charge in [0.2, 0.25) is 11.8 Å². The molecule has 7 nitrogen and oxygen atoms in total. The first kappa shape index (κ1) is 12.0. The second-order valence-corrected chi connectivity index (χ2v) is 3.25. The molecule has 3 heterocycles. The lowest BCUT2D eigenvalue weighted by Crippen LogP contribution is -2.05. The smallest absolute Gasteiger partial charge is 0.257 e. The van der Waals surface area contributed by atoms with Crippen LogP contribution >= 0.6 is 0 Å². The number of nitrogens with zero attached hydrogens (tertiary/aromatic N) is 5. The van der Waals surface area contributed by atoms with E-state index in [0.717, 1.165) is 0 Å². The van der Waals surface area contributed by atoms with E-state index in [4.69, 9.17) is 10.2 Å². The fraction of sp³-hybridized carbons (Fsp3) is 0.273. The Morgan fingerprint density at radius 2 is 2.00 bits per heavy atom. The Labute approximate surface area is 104 Å². The van der Waals surface area contributed by atoms with Gasteiger partial charge in [-0.3, -0.25) is 0 Å². The lowest BCUT2D eigenvalue weighted by Gasteiger charge is -1.95. The van der Waals surface area contributed by atoms with Crippen molar-refractivity contribution in [2.75, 3.05) is 5.73 Å². The number of hydrogen-bond acceptors (Lipinski definition) is 6. The first-order valence-electron chi connectivity index (χ1n) is 5.65. The van der Waals surface area contributed by atoms with Crippen LogP contribution < -0.4 is 5.73 Å². The minimum Gasteiger partial charge on any atom is -0.461 e. The van der Waals surface area contributed by atoms with Gasteiger partial charge in [-0.15, -0.1) is 5.10 Å². The molecule has 0 bridgehead atoms. The summed E-state index contributed by atoms with van der Waals surface area (Å²) in [4.78, 5) is 12.3. The second-order valence-electron chi connectivity index (χ2n) is 3.25. The molecule has 3 rings (SSSR count). The SMILES string of the molecule is CC.Cc1nc(N)n2nc(-c3ccco3)nc2n1. The maximum absolute atomic E-state index is 5.70. The van der Waals surface area contributed by atoms with Gasteiger partial charge in [0.05, 0.1) is 6.26 Å². The van der Waals surface area contributed by atoms with E-state index >= 15 is 0 Å². The highest BCUT2D eigenvalue weighted by molar-refractivity contribution is 5.50. The van der Waals surface area contributed by atoms with Gasteiger partial charge in [0.25, 0.3) is 5.78 Å². The molecule has 18 heavy (non-hydrogen) atoms. The number of nitrogen functional groups attached to an aromatic ring is 1. The Hall–Kier alpha value is -2.44. The van der Waals surface area contributed by atoms with Gasteiger partial charge in [-0.25, -0.2) is 0 Å². The normalized spacial score (nSPS) is 10.2. The van der Waals surface area contributed by atoms with Gasteiger partial charge >= 0.3 is 0 Å². The first-order chi connectivity index (χ1) is 8.74. The predicted molar refractivity (Wildman–Crippen MR) is 66.8 cm³/mol. The molecular weight excluding hydrogens is 232 g/mol. The van der Waals surface area contributed by atoms with Gasteiger partial charge < -0.3 is 10.2 Å². The second kappa shape index (κ2) is 4.82. The maximum Gasteiger partial charge on any atom is 0.257 e. The van der Waals surface area contributed by atoms with E-state index in [1.165, 1.54) is 4.52 Å². The number of nitrogens with two attached hydrogens (primary N) is 1. The maximum atomic E-state index is 5.70. The summed E-state index contributed by atoms with van der Waals surface area (Å²) in [6.45, 7) is 5.75. The van der Waals surface area contributed by atoms with E-state index in [9.17, 15) is 0 Å². The zero-order valence-electron chi connectivity index (χ0n) is 10.5. The molecule has 0 aliphatic heterocycles. The van der Waals surface area contributed by atoms with Gasteiger partial charge in [-0.2, -0.15) is 19.5 Å². The minimum atomic E-state index is 0.257. The molecule has 3 aromatic heterocycles. The zero-order valence-corrected chi connectivity index (χ0v) is 10.5. The summed E-state index contributed by atoms with van der Waals surface area (Å²) < 4.78 is 6.57. The predicted octanol–water partition coefficient (Wildman–Crippen LogP) is 1.70. The number of aryl methyl sites for hydroxylation is 1. The van der Waals surface area contributed by atoms with Crippen molar-refractivity contribution in [2.45, 2.75) is 20.8 Å². The largest absolute Gasteiger partial charge is 0.461 e. The van der Waals surface area contributed by atoms with E-state index in [0.29, 0.717) is 23.2 Å². The van der Waals surface area contributed by atoms with Gasteiger partial charge in [0.15, 0.2) is 5.76 Å². The van der Waals surface area contributed by atoms with Crippen LogP contribution in [0.1, 0.15) is 19.7 Å². The molecule has 0 unspecified atom stereocenters. The summed E-state index contributed by atoms with van der Waals surface area (Å²) in [5.41, 5.74) is 5.70. The standard InChI is InChI=1S/C9H8N6O.C2H6/c1-5-11-8(10)15-9(12-5)13-7(14-15)6-3-2-4-16-6;1-2/h2-4H,1H3,(H2,10,11,12,13,14);1-2H3. The molecular formula is C11H14N6O. The molecule has 0 aromatic carbocycles. The van der Waals surface area contributed by atoms with Crippen molar-refractivity contribution in [3.05, 3.63) is 24.2 Å². The Morgan fingerprint density at radius 1 is 1.22 bits per heavy atom. The van der Waals surface area contributed by atoms with Crippen LogP contribution in [0, 0.1) is 6.92 Å². The highest BCUT2D eigenvalue weighted by Gasteiger charge is 2.12. The Kier molecular flexibility index (Phi) is 3.22. The molecule has 3 aromatic rings. The first-order valence-corrected chi connectivity index (χ1v) is 5.65. The summed E-state index contributed by atoms with van der Waals surface area (Å²) in [5, 5.41) is 4.16. The fourth-order valence-corrected chi connectivity index (χ4v) is 1.42. The number of fused-ring (bicyclic) bond motifs is 1. The number of furan rings is 1. The number of aromatic nitrogens is 5. The summed E-state index contributed by atoms with van der Waals surface area (Å²) in [6, 6.07) is 3.53. The van der Waals surface area contributed by atoms with Crippen LogP contribution in [-0.2, 0) is 0 Å². The average Bonchev–Trinajstić information content (AvgIpc) is 2.98. The lowest BCUT2D eigenvalue weighted by atomic mass is 10.4. The van der Waals surface area contributed by atoms with Crippen molar-refractivity contribution in [3.63, 3.8) is 0 Å². The monoisotopic (exact) mass is 246 g/mol. The van der Waals surface area contributed by atoms with E-state index in [1.54, 1.807) is 25.3 Å². The van der Waals surface area contributed by atoms with E-state index in [-0.39, 0.29) is 5.95 Å². The summed E-state index contributed by atoms with van der Waals surface area (Å²) in [5.74, 6) is 2.24. The lowest BCUT2D eigenvalue weighted by molar-refractivity contribution is 0.577. The highest BCUT2D eigenvalue weighted by atomic mass is 16.3. The van der Waals surface area contributed by atoms with Crippen LogP contribution in [0.15, 0.2) is 22.8 Å². The summed E-state index contributed by atoms with van der Waals surface area (Å²) >= 11 is 0. The van der Waals surface area contributed by atoms with Crippen molar-refractivity contribution in [1.82, 2.24) is 24.6 Å². The van der Waals surface area contributed by atoms with Gasteiger partial charge in [-0.05, 0) is 19.1 Å². The molecule has 0 saturated heterocycles. The molecule has 94 valence electrons. The third-order valence-corrected chi connectivity index (χ3v) is 2.09. The molecule has 0 aliphatic carbocycles. The fourth-order valence-electron chi connectivity index (χ4n) is 1.42. The van der Waals surface area contributed by atoms with Crippen LogP contribution in [-0.4, -0.2) is 24.6 Å². The van der Waals surface area contributed by atoms with Crippen LogP contribution in [0.2, 0.25) is 0 Å². The van der Waals surface area contributed by atoms with Crippen molar-refractivity contribution in [1.29, 1.82) is 0 Å². The number of anilines is 1. The van der Waals surface area contributed by atoms with Gasteiger partial charge in [0, 0.05) is 0 Å². The molecule has 0 radical (unpaired) electrons. The summed E-state index contributed by atoms with van der Waals surface area (Å²) in [6.07, 6.45) is 1.56. The Bertz CT molecular complexity index is 643. The molecule has 2 N–H and O–H groups in total. The number of rotatable bonds is 1. The van der Waals surface area contributed by atoms with Crippen LogP contribution in [0.5, 0.6) is 0 Å². The molecule has 0 aliphatic rings. The molecule has 0 amide bonds. The Balaban J connectivity index is 0.000000574. The van der Waals surface area contributed by atoms with E-state index in [1.807, 2.05) is 13.8 Å². The molecule has 0 saturated carbocycles.